The van der Waals surface area contributed by atoms with Gasteiger partial charge in [0.15, 0.2) is 5.78 Å². The van der Waals surface area contributed by atoms with E-state index in [1.165, 1.54) is 12.8 Å². The molecule has 1 aromatic rings. The Morgan fingerprint density at radius 1 is 1.41 bits per heavy atom. The zero-order valence-corrected chi connectivity index (χ0v) is 10.4. The van der Waals surface area contributed by atoms with Gasteiger partial charge in [-0.25, -0.2) is 4.98 Å². The van der Waals surface area contributed by atoms with Crippen LogP contribution < -0.4 is 5.73 Å². The van der Waals surface area contributed by atoms with E-state index in [1.807, 2.05) is 13.8 Å². The standard InChI is InChI=1S/C13H19N3O/c1-13(2,16-8-3-4-9-16)11(17)10-6-5-7-15-12(10)14/h5-7H,3-4,8-9H2,1-2H3,(H2,14,15). The minimum absolute atomic E-state index is 0.0602. The van der Waals surface area contributed by atoms with E-state index in [-0.39, 0.29) is 5.78 Å². The first-order valence-electron chi connectivity index (χ1n) is 6.04. The molecule has 92 valence electrons. The van der Waals surface area contributed by atoms with Crippen molar-refractivity contribution in [3.63, 3.8) is 0 Å². The van der Waals surface area contributed by atoms with Gasteiger partial charge in [-0.05, 0) is 51.9 Å². The van der Waals surface area contributed by atoms with Crippen LogP contribution in [0.3, 0.4) is 0 Å². The minimum Gasteiger partial charge on any atom is -0.383 e. The lowest BCUT2D eigenvalue weighted by Crippen LogP contribution is -2.48. The first-order chi connectivity index (χ1) is 8.03. The quantitative estimate of drug-likeness (QED) is 0.808. The fraction of sp³-hybridized carbons (Fsp3) is 0.538. The number of carbonyl (C=O) groups excluding carboxylic acids is 1. The molecule has 0 atom stereocenters. The molecule has 0 unspecified atom stereocenters. The van der Waals surface area contributed by atoms with Crippen LogP contribution in [-0.4, -0.2) is 34.3 Å². The summed E-state index contributed by atoms with van der Waals surface area (Å²) >= 11 is 0. The van der Waals surface area contributed by atoms with E-state index in [2.05, 4.69) is 9.88 Å². The molecule has 0 bridgehead atoms. The number of nitrogens with two attached hydrogens (primary N) is 1. The van der Waals surface area contributed by atoms with Crippen LogP contribution in [0.4, 0.5) is 5.82 Å². The van der Waals surface area contributed by atoms with Crippen LogP contribution in [0.5, 0.6) is 0 Å². The third-order valence-corrected chi connectivity index (χ3v) is 3.54. The molecule has 1 aliphatic heterocycles. The Morgan fingerprint density at radius 2 is 2.06 bits per heavy atom. The third kappa shape index (κ3) is 2.17. The number of hydrogen-bond acceptors (Lipinski definition) is 4. The van der Waals surface area contributed by atoms with E-state index in [0.29, 0.717) is 11.4 Å². The van der Waals surface area contributed by atoms with Gasteiger partial charge in [0.1, 0.15) is 5.82 Å². The highest BCUT2D eigenvalue weighted by Crippen LogP contribution is 2.26. The Morgan fingerprint density at radius 3 is 2.65 bits per heavy atom. The smallest absolute Gasteiger partial charge is 0.186 e. The summed E-state index contributed by atoms with van der Waals surface area (Å²) in [5, 5.41) is 0. The number of likely N-dealkylation sites (tertiary alicyclic amines) is 1. The third-order valence-electron chi connectivity index (χ3n) is 3.54. The Balaban J connectivity index is 2.27. The van der Waals surface area contributed by atoms with Crippen molar-refractivity contribution in [2.24, 2.45) is 0 Å². The average Bonchev–Trinajstić information content (AvgIpc) is 2.83. The molecule has 4 nitrogen and oxygen atoms in total. The fourth-order valence-electron chi connectivity index (χ4n) is 2.36. The molecule has 1 saturated heterocycles. The lowest BCUT2D eigenvalue weighted by molar-refractivity contribution is 0.0703. The highest BCUT2D eigenvalue weighted by molar-refractivity contribution is 6.05. The average molecular weight is 233 g/mol. The summed E-state index contributed by atoms with van der Waals surface area (Å²) in [4.78, 5) is 18.7. The van der Waals surface area contributed by atoms with Crippen LogP contribution in [0.1, 0.15) is 37.0 Å². The molecule has 17 heavy (non-hydrogen) atoms. The summed E-state index contributed by atoms with van der Waals surface area (Å²) in [5.74, 6) is 0.384. The van der Waals surface area contributed by atoms with Gasteiger partial charge in [0, 0.05) is 6.20 Å². The van der Waals surface area contributed by atoms with Gasteiger partial charge in [0.2, 0.25) is 0 Å². The molecule has 0 aromatic carbocycles. The fourth-order valence-corrected chi connectivity index (χ4v) is 2.36. The first-order valence-corrected chi connectivity index (χ1v) is 6.04. The van der Waals surface area contributed by atoms with Gasteiger partial charge in [0.05, 0.1) is 11.1 Å². The zero-order chi connectivity index (χ0) is 12.5. The van der Waals surface area contributed by atoms with E-state index in [4.69, 9.17) is 5.73 Å². The summed E-state index contributed by atoms with van der Waals surface area (Å²) in [6, 6.07) is 3.51. The van der Waals surface area contributed by atoms with Crippen LogP contribution in [-0.2, 0) is 0 Å². The SMILES string of the molecule is CC(C)(C(=O)c1cccnc1N)N1CCCC1. The number of ketones is 1. The molecule has 1 aromatic heterocycles. The number of aromatic nitrogens is 1. The molecule has 1 fully saturated rings. The number of Topliss-reactive ketones (excluding diaryl/α,β-unsaturated/α-hetero) is 1. The maximum absolute atomic E-state index is 12.5. The van der Waals surface area contributed by atoms with Crippen molar-refractivity contribution in [3.8, 4) is 0 Å². The summed E-state index contributed by atoms with van der Waals surface area (Å²) in [7, 11) is 0. The summed E-state index contributed by atoms with van der Waals surface area (Å²) in [6.45, 7) is 5.90. The van der Waals surface area contributed by atoms with E-state index in [1.54, 1.807) is 18.3 Å². The second kappa shape index (κ2) is 4.45. The Hall–Kier alpha value is -1.42. The molecule has 2 N–H and O–H groups in total. The molecule has 4 heteroatoms. The van der Waals surface area contributed by atoms with Gasteiger partial charge in [-0.2, -0.15) is 0 Å². The largest absolute Gasteiger partial charge is 0.383 e. The van der Waals surface area contributed by atoms with Crippen molar-refractivity contribution >= 4 is 11.6 Å². The van der Waals surface area contributed by atoms with E-state index in [9.17, 15) is 4.79 Å². The number of rotatable bonds is 3. The maximum atomic E-state index is 12.5. The number of hydrogen-bond donors (Lipinski definition) is 1. The Labute approximate surface area is 102 Å². The lowest BCUT2D eigenvalue weighted by Gasteiger charge is -2.34. The molecule has 0 aliphatic carbocycles. The van der Waals surface area contributed by atoms with Crippen molar-refractivity contribution in [1.29, 1.82) is 0 Å². The number of anilines is 1. The van der Waals surface area contributed by atoms with Gasteiger partial charge in [-0.1, -0.05) is 0 Å². The van der Waals surface area contributed by atoms with Crippen LogP contribution in [0.15, 0.2) is 18.3 Å². The van der Waals surface area contributed by atoms with Crippen molar-refractivity contribution in [2.45, 2.75) is 32.2 Å². The predicted molar refractivity (Wildman–Crippen MR) is 67.9 cm³/mol. The first kappa shape index (κ1) is 12.0. The highest BCUT2D eigenvalue weighted by Gasteiger charge is 2.37. The van der Waals surface area contributed by atoms with Gasteiger partial charge >= 0.3 is 0 Å². The van der Waals surface area contributed by atoms with Gasteiger partial charge in [-0.15, -0.1) is 0 Å². The summed E-state index contributed by atoms with van der Waals surface area (Å²) in [5.41, 5.74) is 5.81. The van der Waals surface area contributed by atoms with Crippen LogP contribution in [0, 0.1) is 0 Å². The monoisotopic (exact) mass is 233 g/mol. The molecule has 0 radical (unpaired) electrons. The second-order valence-electron chi connectivity index (χ2n) is 5.02. The topological polar surface area (TPSA) is 59.2 Å². The highest BCUT2D eigenvalue weighted by atomic mass is 16.1. The molecule has 2 heterocycles. The molecular weight excluding hydrogens is 214 g/mol. The number of carbonyl (C=O) groups is 1. The number of nitrogens with zero attached hydrogens (tertiary/aromatic N) is 2. The summed E-state index contributed by atoms with van der Waals surface area (Å²) < 4.78 is 0. The van der Waals surface area contributed by atoms with Crippen LogP contribution in [0.2, 0.25) is 0 Å². The second-order valence-corrected chi connectivity index (χ2v) is 5.02. The van der Waals surface area contributed by atoms with Crippen molar-refractivity contribution in [1.82, 2.24) is 9.88 Å². The molecule has 0 spiro atoms. The normalized spacial score (nSPS) is 17.3. The van der Waals surface area contributed by atoms with Gasteiger partial charge < -0.3 is 5.73 Å². The zero-order valence-electron chi connectivity index (χ0n) is 10.4. The maximum Gasteiger partial charge on any atom is 0.186 e. The van der Waals surface area contributed by atoms with E-state index in [0.717, 1.165) is 13.1 Å². The molecule has 0 saturated carbocycles. The number of pyridine rings is 1. The minimum atomic E-state index is -0.492. The number of nitrogen functional groups attached to an aromatic ring is 1. The summed E-state index contributed by atoms with van der Waals surface area (Å²) in [6.07, 6.45) is 3.94. The predicted octanol–water partition coefficient (Wildman–Crippen LogP) is 1.72. The Bertz CT molecular complexity index is 422. The van der Waals surface area contributed by atoms with Gasteiger partial charge in [0.25, 0.3) is 0 Å². The molecule has 1 aliphatic rings. The van der Waals surface area contributed by atoms with Crippen LogP contribution >= 0.6 is 0 Å². The van der Waals surface area contributed by atoms with E-state index < -0.39 is 5.54 Å². The molecule has 2 rings (SSSR count). The molecule has 0 amide bonds. The van der Waals surface area contributed by atoms with Crippen molar-refractivity contribution in [3.05, 3.63) is 23.9 Å². The van der Waals surface area contributed by atoms with Gasteiger partial charge in [-0.3, -0.25) is 9.69 Å². The van der Waals surface area contributed by atoms with Crippen molar-refractivity contribution < 1.29 is 4.79 Å². The van der Waals surface area contributed by atoms with Crippen LogP contribution in [0.25, 0.3) is 0 Å². The lowest BCUT2D eigenvalue weighted by atomic mass is 9.92. The molecular formula is C13H19N3O. The Kier molecular flexibility index (Phi) is 3.15. The van der Waals surface area contributed by atoms with E-state index >= 15 is 0 Å². The van der Waals surface area contributed by atoms with Crippen molar-refractivity contribution in [2.75, 3.05) is 18.8 Å².